The molecule has 0 unspecified atom stereocenters. The molecule has 0 saturated carbocycles. The maximum Gasteiger partial charge on any atom is 0.190 e. The molecule has 86 valence electrons. The Bertz CT molecular complexity index is 372. The fourth-order valence-electron chi connectivity index (χ4n) is 1.31. The largest absolute Gasteiger partial charge is 0.385 e. The van der Waals surface area contributed by atoms with E-state index in [-0.39, 0.29) is 11.1 Å². The second-order valence-electron chi connectivity index (χ2n) is 3.66. The van der Waals surface area contributed by atoms with E-state index >= 15 is 0 Å². The maximum absolute atomic E-state index is 11.5. The Labute approximate surface area is 93.5 Å². The van der Waals surface area contributed by atoms with Crippen LogP contribution in [0.1, 0.15) is 34.6 Å². The van der Waals surface area contributed by atoms with Crippen molar-refractivity contribution in [2.75, 3.05) is 0 Å². The zero-order valence-corrected chi connectivity index (χ0v) is 9.18. The van der Waals surface area contributed by atoms with Crippen molar-refractivity contribution in [1.29, 1.82) is 0 Å². The lowest BCUT2D eigenvalue weighted by Crippen LogP contribution is -2.19. The number of aliphatic hydroxyl groups excluding tert-OH is 2. The van der Waals surface area contributed by atoms with Crippen LogP contribution in [-0.2, 0) is 0 Å². The van der Waals surface area contributed by atoms with Gasteiger partial charge in [0.15, 0.2) is 11.6 Å². The Kier molecular flexibility index (Phi) is 3.93. The lowest BCUT2D eigenvalue weighted by atomic mass is 10.0. The third kappa shape index (κ3) is 2.74. The Hall–Kier alpha value is -1.52. The lowest BCUT2D eigenvalue weighted by molar-refractivity contribution is 0.0775. The van der Waals surface area contributed by atoms with Gasteiger partial charge in [-0.05, 0) is 19.9 Å². The fourth-order valence-corrected chi connectivity index (χ4v) is 1.31. The minimum absolute atomic E-state index is 0.265. The van der Waals surface area contributed by atoms with Gasteiger partial charge in [-0.25, -0.2) is 0 Å². The molecular weight excluding hydrogens is 208 g/mol. The topological polar surface area (TPSA) is 74.6 Å². The second-order valence-corrected chi connectivity index (χ2v) is 3.66. The Balaban J connectivity index is 3.05. The first-order valence-electron chi connectivity index (χ1n) is 4.98. The number of carbonyl (C=O) groups excluding carboxylic acids is 2. The molecule has 0 heterocycles. The van der Waals surface area contributed by atoms with Gasteiger partial charge in [0, 0.05) is 11.1 Å². The van der Waals surface area contributed by atoms with E-state index in [1.807, 2.05) is 0 Å². The average Bonchev–Trinajstić information content (AvgIpc) is 2.26. The number of carbonyl (C=O) groups is 2. The highest BCUT2D eigenvalue weighted by molar-refractivity contribution is 6.04. The molecule has 0 aliphatic rings. The third-order valence-electron chi connectivity index (χ3n) is 2.19. The molecular formula is C12H14O4. The van der Waals surface area contributed by atoms with Gasteiger partial charge in [0.25, 0.3) is 0 Å². The smallest absolute Gasteiger partial charge is 0.190 e. The van der Waals surface area contributed by atoms with Crippen molar-refractivity contribution in [2.45, 2.75) is 26.1 Å². The zero-order chi connectivity index (χ0) is 12.3. The predicted octanol–water partition coefficient (Wildman–Crippen LogP) is 0.814. The van der Waals surface area contributed by atoms with Gasteiger partial charge in [0.1, 0.15) is 12.2 Å². The average molecular weight is 222 g/mol. The molecule has 1 aromatic rings. The number of benzene rings is 1. The van der Waals surface area contributed by atoms with Gasteiger partial charge in [0.05, 0.1) is 0 Å². The van der Waals surface area contributed by atoms with Crippen molar-refractivity contribution in [3.8, 4) is 0 Å². The number of hydrogen-bond donors (Lipinski definition) is 2. The molecule has 0 aliphatic heterocycles. The van der Waals surface area contributed by atoms with Crippen molar-refractivity contribution in [3.63, 3.8) is 0 Å². The summed E-state index contributed by atoms with van der Waals surface area (Å²) in [6, 6.07) is 5.97. The van der Waals surface area contributed by atoms with Crippen LogP contribution >= 0.6 is 0 Å². The van der Waals surface area contributed by atoms with Crippen LogP contribution in [0.15, 0.2) is 24.3 Å². The van der Waals surface area contributed by atoms with Crippen LogP contribution in [0.2, 0.25) is 0 Å². The molecule has 2 atom stereocenters. The summed E-state index contributed by atoms with van der Waals surface area (Å²) >= 11 is 0. The van der Waals surface area contributed by atoms with Gasteiger partial charge in [-0.1, -0.05) is 18.2 Å². The van der Waals surface area contributed by atoms with Crippen molar-refractivity contribution in [2.24, 2.45) is 0 Å². The Morgan fingerprint density at radius 1 is 1.00 bits per heavy atom. The molecule has 0 aliphatic carbocycles. The molecule has 0 bridgehead atoms. The summed E-state index contributed by atoms with van der Waals surface area (Å²) in [6.45, 7) is 2.73. The highest BCUT2D eigenvalue weighted by Gasteiger charge is 2.16. The van der Waals surface area contributed by atoms with E-state index in [1.165, 1.54) is 32.0 Å². The number of hydrogen-bond acceptors (Lipinski definition) is 4. The molecule has 4 nitrogen and oxygen atoms in total. The molecule has 2 N–H and O–H groups in total. The van der Waals surface area contributed by atoms with E-state index in [9.17, 15) is 9.59 Å². The van der Waals surface area contributed by atoms with E-state index in [1.54, 1.807) is 6.07 Å². The highest BCUT2D eigenvalue weighted by Crippen LogP contribution is 2.10. The van der Waals surface area contributed by atoms with E-state index < -0.39 is 23.8 Å². The van der Waals surface area contributed by atoms with Crippen molar-refractivity contribution >= 4 is 11.6 Å². The quantitative estimate of drug-likeness (QED) is 0.739. The molecule has 4 heteroatoms. The van der Waals surface area contributed by atoms with Gasteiger partial charge in [0.2, 0.25) is 0 Å². The predicted molar refractivity (Wildman–Crippen MR) is 58.5 cm³/mol. The maximum atomic E-state index is 11.5. The van der Waals surface area contributed by atoms with Crippen molar-refractivity contribution < 1.29 is 19.8 Å². The van der Waals surface area contributed by atoms with Crippen molar-refractivity contribution in [1.82, 2.24) is 0 Å². The summed E-state index contributed by atoms with van der Waals surface area (Å²) in [4.78, 5) is 22.9. The third-order valence-corrected chi connectivity index (χ3v) is 2.19. The summed E-state index contributed by atoms with van der Waals surface area (Å²) in [7, 11) is 0. The zero-order valence-electron chi connectivity index (χ0n) is 9.18. The van der Waals surface area contributed by atoms with Crippen LogP contribution in [-0.4, -0.2) is 34.0 Å². The molecule has 16 heavy (non-hydrogen) atoms. The van der Waals surface area contributed by atoms with Gasteiger partial charge < -0.3 is 10.2 Å². The summed E-state index contributed by atoms with van der Waals surface area (Å²) in [6.07, 6.45) is -2.20. The van der Waals surface area contributed by atoms with Crippen molar-refractivity contribution in [3.05, 3.63) is 35.4 Å². The first-order chi connectivity index (χ1) is 7.43. The Morgan fingerprint density at radius 3 is 1.69 bits per heavy atom. The number of rotatable bonds is 4. The van der Waals surface area contributed by atoms with Gasteiger partial charge in [-0.3, -0.25) is 9.59 Å². The SMILES string of the molecule is C[C@H](O)C(=O)c1cccc(C(=O)[C@@H](C)O)c1. The fraction of sp³-hybridized carbons (Fsp3) is 0.333. The number of ketones is 2. The van der Waals surface area contributed by atoms with Gasteiger partial charge in [-0.15, -0.1) is 0 Å². The minimum atomic E-state index is -1.10. The van der Waals surface area contributed by atoms with Gasteiger partial charge >= 0.3 is 0 Å². The summed E-state index contributed by atoms with van der Waals surface area (Å²) < 4.78 is 0. The molecule has 0 spiro atoms. The molecule has 0 saturated heterocycles. The van der Waals surface area contributed by atoms with E-state index in [2.05, 4.69) is 0 Å². The molecule has 0 fully saturated rings. The summed E-state index contributed by atoms with van der Waals surface area (Å²) in [5, 5.41) is 18.3. The van der Waals surface area contributed by atoms with Crippen LogP contribution in [0.4, 0.5) is 0 Å². The first kappa shape index (κ1) is 12.5. The standard InChI is InChI=1S/C12H14O4/c1-7(13)11(15)9-4-3-5-10(6-9)12(16)8(2)14/h3-8,13-14H,1-2H3/t7-,8+. The monoisotopic (exact) mass is 222 g/mol. The van der Waals surface area contributed by atoms with Crippen LogP contribution in [0, 0.1) is 0 Å². The van der Waals surface area contributed by atoms with E-state index in [0.717, 1.165) is 0 Å². The van der Waals surface area contributed by atoms with Crippen LogP contribution in [0.5, 0.6) is 0 Å². The lowest BCUT2D eigenvalue weighted by Gasteiger charge is -2.07. The van der Waals surface area contributed by atoms with Gasteiger partial charge in [-0.2, -0.15) is 0 Å². The Morgan fingerprint density at radius 2 is 1.38 bits per heavy atom. The number of aliphatic hydroxyl groups is 2. The van der Waals surface area contributed by atoms with E-state index in [4.69, 9.17) is 10.2 Å². The first-order valence-corrected chi connectivity index (χ1v) is 4.98. The minimum Gasteiger partial charge on any atom is -0.385 e. The van der Waals surface area contributed by atoms with Crippen LogP contribution in [0.25, 0.3) is 0 Å². The second kappa shape index (κ2) is 5.01. The number of Topliss-reactive ketones (excluding diaryl/α,β-unsaturated/α-hetero) is 2. The molecule has 0 amide bonds. The molecule has 0 radical (unpaired) electrons. The van der Waals surface area contributed by atoms with E-state index in [0.29, 0.717) is 0 Å². The van der Waals surface area contributed by atoms with Crippen LogP contribution < -0.4 is 0 Å². The highest BCUT2D eigenvalue weighted by atomic mass is 16.3. The van der Waals surface area contributed by atoms with Crippen LogP contribution in [0.3, 0.4) is 0 Å². The molecule has 1 rings (SSSR count). The summed E-state index contributed by atoms with van der Waals surface area (Å²) in [5.74, 6) is -0.888. The normalized spacial score (nSPS) is 14.2. The molecule has 1 aromatic carbocycles. The summed E-state index contributed by atoms with van der Waals surface area (Å²) in [5.41, 5.74) is 0.531. The molecule has 0 aromatic heterocycles.